The van der Waals surface area contributed by atoms with Crippen molar-refractivity contribution in [1.29, 1.82) is 5.26 Å². The van der Waals surface area contributed by atoms with E-state index in [9.17, 15) is 10.0 Å². The summed E-state index contributed by atoms with van der Waals surface area (Å²) in [6.45, 7) is 1.51. The van der Waals surface area contributed by atoms with E-state index in [4.69, 9.17) is 14.7 Å². The van der Waals surface area contributed by atoms with Gasteiger partial charge in [-0.3, -0.25) is 4.90 Å². The van der Waals surface area contributed by atoms with Crippen LogP contribution >= 0.6 is 11.3 Å². The van der Waals surface area contributed by atoms with E-state index in [-0.39, 0.29) is 11.7 Å². The molecule has 1 aliphatic heterocycles. The van der Waals surface area contributed by atoms with E-state index in [2.05, 4.69) is 21.3 Å². The number of furan rings is 1. The van der Waals surface area contributed by atoms with Crippen molar-refractivity contribution < 1.29 is 14.5 Å². The van der Waals surface area contributed by atoms with Crippen molar-refractivity contribution in [2.24, 2.45) is 0 Å². The van der Waals surface area contributed by atoms with Crippen LogP contribution in [-0.4, -0.2) is 38.6 Å². The van der Waals surface area contributed by atoms with Gasteiger partial charge in [0.05, 0.1) is 29.9 Å². The molecule has 3 aromatic rings. The van der Waals surface area contributed by atoms with Crippen LogP contribution < -0.4 is 11.0 Å². The third-order valence-corrected chi connectivity index (χ3v) is 5.42. The van der Waals surface area contributed by atoms with Crippen LogP contribution in [0.5, 0.6) is 0 Å². The van der Waals surface area contributed by atoms with Crippen LogP contribution in [0, 0.1) is 11.3 Å². The van der Waals surface area contributed by atoms with Gasteiger partial charge in [-0.25, -0.2) is 9.97 Å². The van der Waals surface area contributed by atoms with E-state index in [0.29, 0.717) is 23.7 Å². The quantitative estimate of drug-likeness (QED) is 0.541. The minimum atomic E-state index is -1.59. The lowest BCUT2D eigenvalue weighted by Gasteiger charge is -2.21. The largest absolute Gasteiger partial charge is 0.526 e. The van der Waals surface area contributed by atoms with E-state index >= 15 is 0 Å². The Morgan fingerprint density at radius 2 is 2.29 bits per heavy atom. The molecule has 4 heterocycles. The van der Waals surface area contributed by atoms with Crippen molar-refractivity contribution in [1.82, 2.24) is 14.9 Å². The number of nitrogens with zero attached hydrogens (tertiary/aromatic N) is 4. The maximum atomic E-state index is 9.19. The van der Waals surface area contributed by atoms with Gasteiger partial charge < -0.3 is 19.8 Å². The highest BCUT2D eigenvalue weighted by Gasteiger charge is 2.29. The topological polar surface area (TPSA) is 118 Å². The molecule has 0 aliphatic carbocycles. The van der Waals surface area contributed by atoms with Gasteiger partial charge in [-0.05, 0) is 43.7 Å². The molecule has 142 valence electrons. The molecule has 3 aromatic heterocycles. The molecule has 1 aliphatic rings. The fourth-order valence-electron chi connectivity index (χ4n) is 3.34. The molecule has 0 unspecified atom stereocenters. The van der Waals surface area contributed by atoms with Crippen LogP contribution in [0.25, 0.3) is 0 Å². The number of rotatable bonds is 6. The third kappa shape index (κ3) is 4.08. The zero-order chi connectivity index (χ0) is 19.5. The molecule has 0 amide bonds. The van der Waals surface area contributed by atoms with Crippen molar-refractivity contribution >= 4 is 35.1 Å². The lowest BCUT2D eigenvalue weighted by Crippen LogP contribution is -2.28. The molecule has 10 heteroatoms. The van der Waals surface area contributed by atoms with Gasteiger partial charge in [-0.1, -0.05) is 0 Å². The summed E-state index contributed by atoms with van der Waals surface area (Å²) < 4.78 is 5.49. The van der Waals surface area contributed by atoms with Gasteiger partial charge in [0.2, 0.25) is 0 Å². The van der Waals surface area contributed by atoms with E-state index in [0.717, 1.165) is 30.2 Å². The van der Waals surface area contributed by atoms with Gasteiger partial charge in [0.25, 0.3) is 0 Å². The van der Waals surface area contributed by atoms with E-state index < -0.39 is 7.12 Å². The number of pyridine rings is 1. The molecular formula is C18H18BN5O3S. The molecule has 0 radical (unpaired) electrons. The summed E-state index contributed by atoms with van der Waals surface area (Å²) in [5, 5.41) is 33.3. The molecule has 8 nitrogen and oxygen atoms in total. The number of likely N-dealkylation sites (tertiary alicyclic amines) is 1. The number of nitrogens with one attached hydrogen (secondary N) is 1. The Hall–Kier alpha value is -2.71. The van der Waals surface area contributed by atoms with Crippen molar-refractivity contribution in [3.8, 4) is 6.07 Å². The summed E-state index contributed by atoms with van der Waals surface area (Å²) in [7, 11) is -1.59. The number of anilines is 2. The second-order valence-electron chi connectivity index (χ2n) is 6.55. The normalized spacial score (nSPS) is 16.8. The summed E-state index contributed by atoms with van der Waals surface area (Å²) >= 11 is 1.50. The molecule has 28 heavy (non-hydrogen) atoms. The Labute approximate surface area is 166 Å². The Kier molecular flexibility index (Phi) is 5.41. The molecule has 0 saturated carbocycles. The number of thiazole rings is 1. The maximum Gasteiger partial charge on any atom is 0.526 e. The van der Waals surface area contributed by atoms with Crippen molar-refractivity contribution in [3.05, 3.63) is 52.9 Å². The first kappa shape index (κ1) is 18.6. The summed E-state index contributed by atoms with van der Waals surface area (Å²) in [5.41, 5.74) is 1.68. The van der Waals surface area contributed by atoms with Crippen molar-refractivity contribution in [3.63, 3.8) is 0 Å². The zero-order valence-corrected chi connectivity index (χ0v) is 15.8. The summed E-state index contributed by atoms with van der Waals surface area (Å²) in [5.74, 6) is 1.29. The summed E-state index contributed by atoms with van der Waals surface area (Å²) in [4.78, 5) is 11.2. The lowest BCUT2D eigenvalue weighted by atomic mass is 9.88. The monoisotopic (exact) mass is 395 g/mol. The molecule has 1 saturated heterocycles. The fourth-order valence-corrected chi connectivity index (χ4v) is 4.11. The second kappa shape index (κ2) is 8.12. The molecule has 3 N–H and O–H groups in total. The average molecular weight is 395 g/mol. The van der Waals surface area contributed by atoms with E-state index in [1.165, 1.54) is 11.3 Å². The van der Waals surface area contributed by atoms with Crippen LogP contribution in [0.2, 0.25) is 0 Å². The molecule has 1 fully saturated rings. The first-order valence-electron chi connectivity index (χ1n) is 8.90. The van der Waals surface area contributed by atoms with Gasteiger partial charge in [-0.15, -0.1) is 11.3 Å². The summed E-state index contributed by atoms with van der Waals surface area (Å²) in [6, 6.07) is 8.97. The van der Waals surface area contributed by atoms with Crippen LogP contribution in [0.15, 0.2) is 40.3 Å². The van der Waals surface area contributed by atoms with Gasteiger partial charge in [0.1, 0.15) is 17.2 Å². The number of hydrogen-bond donors (Lipinski definition) is 3. The Morgan fingerprint density at radius 3 is 3.07 bits per heavy atom. The average Bonchev–Trinajstić information content (AvgIpc) is 3.43. The Balaban J connectivity index is 1.45. The van der Waals surface area contributed by atoms with E-state index in [1.807, 2.05) is 5.38 Å². The van der Waals surface area contributed by atoms with Crippen LogP contribution in [0.4, 0.5) is 10.9 Å². The highest BCUT2D eigenvalue weighted by Crippen LogP contribution is 2.35. The minimum absolute atomic E-state index is 0.151. The molecule has 0 spiro atoms. The number of nitriles is 1. The zero-order valence-electron chi connectivity index (χ0n) is 14.9. The van der Waals surface area contributed by atoms with Gasteiger partial charge in [0.15, 0.2) is 5.13 Å². The molecule has 4 rings (SSSR count). The number of aromatic nitrogens is 2. The third-order valence-electron chi connectivity index (χ3n) is 4.65. The molecular weight excluding hydrogens is 377 g/mol. The van der Waals surface area contributed by atoms with Crippen molar-refractivity contribution in [2.75, 3.05) is 11.9 Å². The minimum Gasteiger partial charge on any atom is -0.468 e. The predicted octanol–water partition coefficient (Wildman–Crippen LogP) is 1.76. The molecule has 0 aromatic carbocycles. The van der Waals surface area contributed by atoms with Crippen LogP contribution in [0.3, 0.4) is 0 Å². The fraction of sp³-hybridized carbons (Fsp3) is 0.278. The molecule has 0 bridgehead atoms. The maximum absolute atomic E-state index is 9.19. The highest BCUT2D eigenvalue weighted by atomic mass is 32.1. The lowest BCUT2D eigenvalue weighted by molar-refractivity contribution is 0.226. The number of hydrogen-bond acceptors (Lipinski definition) is 9. The second-order valence-corrected chi connectivity index (χ2v) is 7.41. The SMILES string of the molecule is N#Cc1ccnc(Nc2nc([C@H]3CCCN3Cc3ccc(B(O)O)o3)cs2)c1. The molecule has 1 atom stereocenters. The Morgan fingerprint density at radius 1 is 1.39 bits per heavy atom. The predicted molar refractivity (Wildman–Crippen MR) is 105 cm³/mol. The van der Waals surface area contributed by atoms with Gasteiger partial charge >= 0.3 is 7.12 Å². The van der Waals surface area contributed by atoms with E-state index in [1.54, 1.807) is 30.5 Å². The Bertz CT molecular complexity index is 999. The first-order valence-corrected chi connectivity index (χ1v) is 9.78. The van der Waals surface area contributed by atoms with Crippen LogP contribution in [-0.2, 0) is 6.54 Å². The van der Waals surface area contributed by atoms with Gasteiger partial charge in [-0.2, -0.15) is 5.26 Å². The highest BCUT2D eigenvalue weighted by molar-refractivity contribution is 7.13. The van der Waals surface area contributed by atoms with Gasteiger partial charge in [0, 0.05) is 11.6 Å². The first-order chi connectivity index (χ1) is 13.6. The summed E-state index contributed by atoms with van der Waals surface area (Å²) in [6.07, 6.45) is 3.66. The van der Waals surface area contributed by atoms with Crippen molar-refractivity contribution in [2.45, 2.75) is 25.4 Å². The standard InChI is InChI=1S/C18H18BN5O3S/c20-9-12-5-6-21-17(8-12)23-18-22-14(11-28-18)15-2-1-7-24(15)10-13-3-4-16(27-13)19(25)26/h3-6,8,11,15,25-26H,1-2,7,10H2,(H,21,22,23)/t15-/m1/s1. The van der Waals surface area contributed by atoms with Crippen LogP contribution in [0.1, 0.15) is 35.9 Å². The smallest absolute Gasteiger partial charge is 0.468 e.